The summed E-state index contributed by atoms with van der Waals surface area (Å²) in [5, 5.41) is -0.140. The van der Waals surface area contributed by atoms with Gasteiger partial charge < -0.3 is 4.57 Å². The van der Waals surface area contributed by atoms with Crippen LogP contribution in [0, 0.1) is 6.92 Å². The number of aromatic nitrogens is 3. The third kappa shape index (κ3) is 2.32. The van der Waals surface area contributed by atoms with Crippen LogP contribution in [0.5, 0.6) is 0 Å². The Morgan fingerprint density at radius 1 is 1.44 bits per heavy atom. The molecule has 0 aliphatic rings. The molecule has 8 heteroatoms. The first-order chi connectivity index (χ1) is 8.42. The monoisotopic (exact) mass is 286 g/mol. The highest BCUT2D eigenvalue weighted by atomic mass is 35.5. The van der Waals surface area contributed by atoms with E-state index in [1.165, 1.54) is 17.1 Å². The van der Waals surface area contributed by atoms with Gasteiger partial charge in [0.2, 0.25) is 5.03 Å². The summed E-state index contributed by atoms with van der Waals surface area (Å²) in [6, 6.07) is 1.71. The lowest BCUT2D eigenvalue weighted by Crippen LogP contribution is -2.15. The van der Waals surface area contributed by atoms with E-state index in [2.05, 4.69) is 14.7 Å². The lowest BCUT2D eigenvalue weighted by molar-refractivity contribution is 0.598. The SMILES string of the molecule is Cc1ccncc1NS(=O)(=O)c1ncn(C)c1Cl. The van der Waals surface area contributed by atoms with Crippen molar-refractivity contribution < 1.29 is 8.42 Å². The zero-order chi connectivity index (χ0) is 13.3. The van der Waals surface area contributed by atoms with Crippen LogP contribution < -0.4 is 4.72 Å². The van der Waals surface area contributed by atoms with Crippen LogP contribution in [0.15, 0.2) is 29.8 Å². The lowest BCUT2D eigenvalue weighted by atomic mass is 10.3. The van der Waals surface area contributed by atoms with Gasteiger partial charge in [-0.15, -0.1) is 0 Å². The summed E-state index contributed by atoms with van der Waals surface area (Å²) in [6.45, 7) is 1.78. The van der Waals surface area contributed by atoms with Crippen molar-refractivity contribution in [1.82, 2.24) is 14.5 Å². The van der Waals surface area contributed by atoms with Crippen molar-refractivity contribution in [1.29, 1.82) is 0 Å². The summed E-state index contributed by atoms with van der Waals surface area (Å²) < 4.78 is 28.0. The summed E-state index contributed by atoms with van der Waals surface area (Å²) in [7, 11) is -2.18. The topological polar surface area (TPSA) is 76.9 Å². The molecule has 96 valence electrons. The molecule has 18 heavy (non-hydrogen) atoms. The molecule has 0 radical (unpaired) electrons. The quantitative estimate of drug-likeness (QED) is 0.929. The molecule has 0 spiro atoms. The molecule has 2 aromatic heterocycles. The predicted octanol–water partition coefficient (Wildman–Crippen LogP) is 1.58. The summed E-state index contributed by atoms with van der Waals surface area (Å²) in [5.41, 5.74) is 1.17. The third-order valence-electron chi connectivity index (χ3n) is 2.37. The largest absolute Gasteiger partial charge is 0.324 e. The van der Waals surface area contributed by atoms with Gasteiger partial charge in [-0.25, -0.2) is 4.98 Å². The van der Waals surface area contributed by atoms with Crippen molar-refractivity contribution >= 4 is 27.3 Å². The standard InChI is InChI=1S/C10H11ClN4O2S/c1-7-3-4-12-5-8(7)14-18(16,17)10-9(11)15(2)6-13-10/h3-6,14H,1-2H3. The van der Waals surface area contributed by atoms with Gasteiger partial charge in [0.05, 0.1) is 18.2 Å². The van der Waals surface area contributed by atoms with Crippen molar-refractivity contribution in [2.45, 2.75) is 11.9 Å². The Bertz CT molecular complexity index is 681. The van der Waals surface area contributed by atoms with Gasteiger partial charge in [0.15, 0.2) is 0 Å². The maximum atomic E-state index is 12.1. The smallest absolute Gasteiger partial charge is 0.282 e. The van der Waals surface area contributed by atoms with Crippen LogP contribution in [0.2, 0.25) is 5.15 Å². The number of nitrogens with zero attached hydrogens (tertiary/aromatic N) is 3. The van der Waals surface area contributed by atoms with E-state index in [4.69, 9.17) is 11.6 Å². The third-order valence-corrected chi connectivity index (χ3v) is 4.23. The van der Waals surface area contributed by atoms with Gasteiger partial charge in [0.1, 0.15) is 5.15 Å². The molecule has 0 saturated heterocycles. The first kappa shape index (κ1) is 12.8. The fourth-order valence-electron chi connectivity index (χ4n) is 1.34. The number of rotatable bonds is 3. The molecule has 0 unspecified atom stereocenters. The van der Waals surface area contributed by atoms with Crippen LogP contribution >= 0.6 is 11.6 Å². The van der Waals surface area contributed by atoms with Crippen LogP contribution in [-0.2, 0) is 17.1 Å². The molecule has 0 amide bonds. The number of aryl methyl sites for hydroxylation is 2. The number of imidazole rings is 1. The van der Waals surface area contributed by atoms with Gasteiger partial charge in [-0.3, -0.25) is 9.71 Å². The summed E-state index contributed by atoms with van der Waals surface area (Å²) in [4.78, 5) is 7.64. The number of hydrogen-bond donors (Lipinski definition) is 1. The highest BCUT2D eigenvalue weighted by molar-refractivity contribution is 7.92. The van der Waals surface area contributed by atoms with Crippen molar-refractivity contribution in [2.24, 2.45) is 7.05 Å². The van der Waals surface area contributed by atoms with E-state index in [1.807, 2.05) is 0 Å². The Kier molecular flexibility index (Phi) is 3.27. The van der Waals surface area contributed by atoms with E-state index in [1.54, 1.807) is 26.2 Å². The number of halogens is 1. The number of hydrogen-bond acceptors (Lipinski definition) is 4. The van der Waals surface area contributed by atoms with Gasteiger partial charge in [-0.05, 0) is 18.6 Å². The van der Waals surface area contributed by atoms with E-state index in [-0.39, 0.29) is 10.2 Å². The van der Waals surface area contributed by atoms with E-state index in [0.717, 1.165) is 5.56 Å². The fourth-order valence-corrected chi connectivity index (χ4v) is 2.89. The van der Waals surface area contributed by atoms with E-state index < -0.39 is 10.0 Å². The van der Waals surface area contributed by atoms with Crippen molar-refractivity contribution in [3.63, 3.8) is 0 Å². The second-order valence-electron chi connectivity index (χ2n) is 3.75. The normalized spacial score (nSPS) is 11.5. The van der Waals surface area contributed by atoms with Crippen molar-refractivity contribution in [2.75, 3.05) is 4.72 Å². The molecule has 2 heterocycles. The molecule has 2 aromatic rings. The van der Waals surface area contributed by atoms with Crippen molar-refractivity contribution in [3.05, 3.63) is 35.5 Å². The van der Waals surface area contributed by atoms with Crippen LogP contribution in [-0.4, -0.2) is 23.0 Å². The molecular formula is C10H11ClN4O2S. The minimum Gasteiger partial charge on any atom is -0.324 e. The second-order valence-corrected chi connectivity index (χ2v) is 5.70. The minimum atomic E-state index is -3.80. The van der Waals surface area contributed by atoms with E-state index in [9.17, 15) is 8.42 Å². The maximum Gasteiger partial charge on any atom is 0.282 e. The van der Waals surface area contributed by atoms with Gasteiger partial charge in [-0.2, -0.15) is 8.42 Å². The molecular weight excluding hydrogens is 276 g/mol. The summed E-state index contributed by atoms with van der Waals surface area (Å²) in [5.74, 6) is 0. The molecule has 1 N–H and O–H groups in total. The Morgan fingerprint density at radius 2 is 2.17 bits per heavy atom. The molecule has 0 saturated carbocycles. The zero-order valence-corrected chi connectivity index (χ0v) is 11.3. The predicted molar refractivity (Wildman–Crippen MR) is 68.0 cm³/mol. The number of anilines is 1. The van der Waals surface area contributed by atoms with Crippen LogP contribution in [0.4, 0.5) is 5.69 Å². The Labute approximate surface area is 110 Å². The first-order valence-electron chi connectivity index (χ1n) is 5.02. The maximum absolute atomic E-state index is 12.1. The molecule has 0 atom stereocenters. The highest BCUT2D eigenvalue weighted by Gasteiger charge is 2.22. The molecule has 2 rings (SSSR count). The molecule has 0 aliphatic carbocycles. The molecule has 0 aromatic carbocycles. The lowest BCUT2D eigenvalue weighted by Gasteiger charge is -2.08. The molecule has 6 nitrogen and oxygen atoms in total. The van der Waals surface area contributed by atoms with E-state index >= 15 is 0 Å². The van der Waals surface area contributed by atoms with Gasteiger partial charge in [0, 0.05) is 13.2 Å². The van der Waals surface area contributed by atoms with Crippen molar-refractivity contribution in [3.8, 4) is 0 Å². The Hall–Kier alpha value is -1.60. The molecule has 0 bridgehead atoms. The Morgan fingerprint density at radius 3 is 2.72 bits per heavy atom. The molecule has 0 fully saturated rings. The van der Waals surface area contributed by atoms with Crippen LogP contribution in [0.3, 0.4) is 0 Å². The second kappa shape index (κ2) is 4.58. The zero-order valence-electron chi connectivity index (χ0n) is 9.75. The molecule has 0 aliphatic heterocycles. The van der Waals surface area contributed by atoms with Gasteiger partial charge in [0.25, 0.3) is 10.0 Å². The van der Waals surface area contributed by atoms with Gasteiger partial charge in [-0.1, -0.05) is 11.6 Å². The van der Waals surface area contributed by atoms with Crippen LogP contribution in [0.25, 0.3) is 0 Å². The van der Waals surface area contributed by atoms with E-state index in [0.29, 0.717) is 5.69 Å². The minimum absolute atomic E-state index is 0.0593. The summed E-state index contributed by atoms with van der Waals surface area (Å²) in [6.07, 6.45) is 4.36. The van der Waals surface area contributed by atoms with Gasteiger partial charge >= 0.3 is 0 Å². The van der Waals surface area contributed by atoms with Crippen LogP contribution in [0.1, 0.15) is 5.56 Å². The highest BCUT2D eigenvalue weighted by Crippen LogP contribution is 2.22. The summed E-state index contributed by atoms with van der Waals surface area (Å²) >= 11 is 5.86. The average molecular weight is 287 g/mol. The first-order valence-corrected chi connectivity index (χ1v) is 6.88. The average Bonchev–Trinajstić information content (AvgIpc) is 2.63. The fraction of sp³-hybridized carbons (Fsp3) is 0.200. The number of sulfonamides is 1. The number of nitrogens with one attached hydrogen (secondary N) is 1. The Balaban J connectivity index is 2.40. The number of pyridine rings is 1.